The van der Waals surface area contributed by atoms with Crippen molar-refractivity contribution in [3.8, 4) is 21.8 Å². The topological polar surface area (TPSA) is 70.6 Å². The molecule has 5 aromatic rings. The van der Waals surface area contributed by atoms with Crippen molar-refractivity contribution in [2.24, 2.45) is 0 Å². The standard InChI is InChI=1S/C24H22N6S/c1-2-8-30(9-3-1)14-16-4-6-17(7-5-16)18-10-20-19-11-21(24-29-27-15-31-24)25-13-22(19)28-23(20)26-12-18/h4-7,10-13,15H,1-3,8-9,14H2,(H,26,28). The number of aromatic amines is 1. The summed E-state index contributed by atoms with van der Waals surface area (Å²) in [4.78, 5) is 15.1. The quantitative estimate of drug-likeness (QED) is 0.423. The zero-order valence-electron chi connectivity index (χ0n) is 17.1. The minimum absolute atomic E-state index is 0.824. The van der Waals surface area contributed by atoms with Crippen LogP contribution in [0.1, 0.15) is 24.8 Å². The second-order valence-corrected chi connectivity index (χ2v) is 8.97. The maximum atomic E-state index is 4.69. The Kier molecular flexibility index (Phi) is 4.70. The molecule has 0 radical (unpaired) electrons. The van der Waals surface area contributed by atoms with Gasteiger partial charge in [0.2, 0.25) is 0 Å². The maximum absolute atomic E-state index is 4.69. The van der Waals surface area contributed by atoms with Gasteiger partial charge in [0.15, 0.2) is 5.01 Å². The summed E-state index contributed by atoms with van der Waals surface area (Å²) in [6, 6.07) is 13.2. The Morgan fingerprint density at radius 1 is 0.903 bits per heavy atom. The normalized spacial score (nSPS) is 15.1. The molecule has 154 valence electrons. The zero-order valence-corrected chi connectivity index (χ0v) is 17.9. The lowest BCUT2D eigenvalue weighted by molar-refractivity contribution is 0.221. The second-order valence-electron chi connectivity index (χ2n) is 8.14. The fourth-order valence-electron chi connectivity index (χ4n) is 4.41. The molecule has 1 N–H and O–H groups in total. The van der Waals surface area contributed by atoms with Gasteiger partial charge in [0.1, 0.15) is 16.9 Å². The summed E-state index contributed by atoms with van der Waals surface area (Å²) < 4.78 is 0. The Morgan fingerprint density at radius 2 is 1.77 bits per heavy atom. The number of likely N-dealkylation sites (tertiary alicyclic amines) is 1. The SMILES string of the molecule is c1nnc(-c2cc3c(cn2)[nH]c2ncc(-c4ccc(CN5CCCCC5)cc4)cc23)s1. The number of pyridine rings is 2. The fourth-order valence-corrected chi connectivity index (χ4v) is 4.93. The van der Waals surface area contributed by atoms with E-state index in [0.717, 1.165) is 44.7 Å². The van der Waals surface area contributed by atoms with Gasteiger partial charge >= 0.3 is 0 Å². The lowest BCUT2D eigenvalue weighted by atomic mass is 10.0. The monoisotopic (exact) mass is 426 g/mol. The molecule has 1 aliphatic rings. The minimum Gasteiger partial charge on any atom is -0.338 e. The van der Waals surface area contributed by atoms with Gasteiger partial charge in [0.25, 0.3) is 0 Å². The van der Waals surface area contributed by atoms with E-state index in [1.165, 1.54) is 54.8 Å². The predicted molar refractivity (Wildman–Crippen MR) is 125 cm³/mol. The number of fused-ring (bicyclic) bond motifs is 3. The van der Waals surface area contributed by atoms with Gasteiger partial charge in [-0.3, -0.25) is 9.88 Å². The molecule has 1 aliphatic heterocycles. The summed E-state index contributed by atoms with van der Waals surface area (Å²) in [5.74, 6) is 0. The summed E-state index contributed by atoms with van der Waals surface area (Å²) in [6.45, 7) is 3.48. The molecule has 0 unspecified atom stereocenters. The van der Waals surface area contributed by atoms with Crippen LogP contribution < -0.4 is 0 Å². The van der Waals surface area contributed by atoms with Crippen LogP contribution in [0.15, 0.2) is 54.3 Å². The number of aromatic nitrogens is 5. The maximum Gasteiger partial charge on any atom is 0.166 e. The van der Waals surface area contributed by atoms with Gasteiger partial charge in [0.05, 0.1) is 11.7 Å². The Morgan fingerprint density at radius 3 is 2.58 bits per heavy atom. The molecule has 0 spiro atoms. The number of nitrogens with one attached hydrogen (secondary N) is 1. The lowest BCUT2D eigenvalue weighted by Crippen LogP contribution is -2.28. The van der Waals surface area contributed by atoms with E-state index in [9.17, 15) is 0 Å². The van der Waals surface area contributed by atoms with Crippen LogP contribution in [0.25, 0.3) is 43.8 Å². The molecule has 4 aromatic heterocycles. The van der Waals surface area contributed by atoms with Crippen LogP contribution in [-0.4, -0.2) is 43.1 Å². The van der Waals surface area contributed by atoms with E-state index in [1.807, 2.05) is 12.4 Å². The molecule has 0 aliphatic carbocycles. The van der Waals surface area contributed by atoms with E-state index in [4.69, 9.17) is 0 Å². The number of rotatable bonds is 4. The van der Waals surface area contributed by atoms with Crippen molar-refractivity contribution >= 4 is 33.3 Å². The molecule has 1 aromatic carbocycles. The summed E-state index contributed by atoms with van der Waals surface area (Å²) in [5.41, 5.74) is 8.09. The molecular formula is C24H22N6S. The molecule has 0 amide bonds. The first-order valence-electron chi connectivity index (χ1n) is 10.7. The Hall–Kier alpha value is -3.16. The number of H-pyrrole nitrogens is 1. The molecule has 5 heterocycles. The van der Waals surface area contributed by atoms with Crippen molar-refractivity contribution in [2.75, 3.05) is 13.1 Å². The summed E-state index contributed by atoms with van der Waals surface area (Å²) in [7, 11) is 0. The summed E-state index contributed by atoms with van der Waals surface area (Å²) >= 11 is 1.49. The molecular weight excluding hydrogens is 404 g/mol. The average Bonchev–Trinajstić information content (AvgIpc) is 3.48. The van der Waals surface area contributed by atoms with Gasteiger partial charge in [-0.1, -0.05) is 42.0 Å². The average molecular weight is 427 g/mol. The molecule has 6 rings (SSSR count). The van der Waals surface area contributed by atoms with Gasteiger partial charge in [0, 0.05) is 29.1 Å². The first kappa shape index (κ1) is 18.6. The number of nitrogens with zero attached hydrogens (tertiary/aromatic N) is 5. The van der Waals surface area contributed by atoms with Crippen molar-refractivity contribution in [3.63, 3.8) is 0 Å². The molecule has 6 nitrogen and oxygen atoms in total. The van der Waals surface area contributed by atoms with Crippen LogP contribution >= 0.6 is 11.3 Å². The van der Waals surface area contributed by atoms with E-state index >= 15 is 0 Å². The molecule has 31 heavy (non-hydrogen) atoms. The lowest BCUT2D eigenvalue weighted by Gasteiger charge is -2.26. The summed E-state index contributed by atoms with van der Waals surface area (Å²) in [5, 5.41) is 11.1. The smallest absolute Gasteiger partial charge is 0.166 e. The van der Waals surface area contributed by atoms with Crippen LogP contribution in [0.5, 0.6) is 0 Å². The van der Waals surface area contributed by atoms with Crippen molar-refractivity contribution < 1.29 is 0 Å². The van der Waals surface area contributed by atoms with E-state index in [0.29, 0.717) is 0 Å². The molecule has 7 heteroatoms. The van der Waals surface area contributed by atoms with E-state index in [2.05, 4.69) is 66.4 Å². The first-order chi connectivity index (χ1) is 15.3. The molecule has 1 saturated heterocycles. The second kappa shape index (κ2) is 7.83. The van der Waals surface area contributed by atoms with Crippen LogP contribution in [0.4, 0.5) is 0 Å². The Balaban J connectivity index is 1.33. The van der Waals surface area contributed by atoms with Crippen molar-refractivity contribution in [1.29, 1.82) is 0 Å². The third kappa shape index (κ3) is 3.60. The Labute approximate surface area is 184 Å². The highest BCUT2D eigenvalue weighted by molar-refractivity contribution is 7.12. The Bertz CT molecular complexity index is 1330. The van der Waals surface area contributed by atoms with E-state index < -0.39 is 0 Å². The molecule has 0 atom stereocenters. The van der Waals surface area contributed by atoms with Gasteiger partial charge in [-0.25, -0.2) is 4.98 Å². The van der Waals surface area contributed by atoms with Gasteiger partial charge in [-0.2, -0.15) is 0 Å². The highest BCUT2D eigenvalue weighted by Crippen LogP contribution is 2.31. The minimum atomic E-state index is 0.824. The van der Waals surface area contributed by atoms with Crippen molar-refractivity contribution in [3.05, 3.63) is 59.9 Å². The predicted octanol–water partition coefficient (Wildman–Crippen LogP) is 5.28. The molecule has 1 fully saturated rings. The summed E-state index contributed by atoms with van der Waals surface area (Å²) in [6.07, 6.45) is 7.81. The highest BCUT2D eigenvalue weighted by atomic mass is 32.1. The van der Waals surface area contributed by atoms with Crippen LogP contribution in [0.3, 0.4) is 0 Å². The van der Waals surface area contributed by atoms with E-state index in [-0.39, 0.29) is 0 Å². The van der Waals surface area contributed by atoms with Gasteiger partial charge in [-0.15, -0.1) is 10.2 Å². The first-order valence-corrected chi connectivity index (χ1v) is 11.6. The zero-order chi connectivity index (χ0) is 20.6. The number of benzene rings is 1. The van der Waals surface area contributed by atoms with Gasteiger partial charge in [-0.05, 0) is 49.2 Å². The van der Waals surface area contributed by atoms with Crippen LogP contribution in [0.2, 0.25) is 0 Å². The van der Waals surface area contributed by atoms with Crippen LogP contribution in [0, 0.1) is 0 Å². The van der Waals surface area contributed by atoms with Crippen LogP contribution in [-0.2, 0) is 6.54 Å². The highest BCUT2D eigenvalue weighted by Gasteiger charge is 2.13. The third-order valence-electron chi connectivity index (χ3n) is 6.06. The van der Waals surface area contributed by atoms with Crippen molar-refractivity contribution in [2.45, 2.75) is 25.8 Å². The largest absolute Gasteiger partial charge is 0.338 e. The fraction of sp³-hybridized carbons (Fsp3) is 0.250. The molecule has 0 saturated carbocycles. The number of hydrogen-bond acceptors (Lipinski definition) is 6. The number of hydrogen-bond donors (Lipinski definition) is 1. The molecule has 0 bridgehead atoms. The number of piperidine rings is 1. The van der Waals surface area contributed by atoms with Gasteiger partial charge < -0.3 is 4.98 Å². The van der Waals surface area contributed by atoms with Crippen molar-refractivity contribution in [1.82, 2.24) is 30.0 Å². The van der Waals surface area contributed by atoms with E-state index in [1.54, 1.807) is 5.51 Å². The third-order valence-corrected chi connectivity index (χ3v) is 6.77.